The summed E-state index contributed by atoms with van der Waals surface area (Å²) in [5.74, 6) is -0.102. The maximum absolute atomic E-state index is 12.7. The van der Waals surface area contributed by atoms with Gasteiger partial charge in [0.1, 0.15) is 18.2 Å². The van der Waals surface area contributed by atoms with Crippen LogP contribution in [0.2, 0.25) is 0 Å². The second-order valence-corrected chi connectivity index (χ2v) is 7.33. The first-order chi connectivity index (χ1) is 10.4. The highest BCUT2D eigenvalue weighted by atomic mass is 32.2. The molecule has 1 atom stereocenters. The molecule has 0 aliphatic carbocycles. The van der Waals surface area contributed by atoms with Crippen molar-refractivity contribution < 1.29 is 22.3 Å². The van der Waals surface area contributed by atoms with Gasteiger partial charge in [0.15, 0.2) is 0 Å². The van der Waals surface area contributed by atoms with Gasteiger partial charge < -0.3 is 10.1 Å². The lowest BCUT2D eigenvalue weighted by molar-refractivity contribution is -0.122. The second-order valence-electron chi connectivity index (χ2n) is 5.24. The molecule has 0 saturated carbocycles. The van der Waals surface area contributed by atoms with E-state index >= 15 is 0 Å². The molecule has 1 aromatic rings. The van der Waals surface area contributed by atoms with E-state index < -0.39 is 10.0 Å². The molecule has 0 radical (unpaired) electrons. The molecule has 1 unspecified atom stereocenters. The number of sulfonamides is 1. The van der Waals surface area contributed by atoms with E-state index in [0.717, 1.165) is 0 Å². The van der Waals surface area contributed by atoms with E-state index in [4.69, 9.17) is 4.74 Å². The smallest absolute Gasteiger partial charge is 0.235 e. The lowest BCUT2D eigenvalue weighted by atomic mass is 10.3. The van der Waals surface area contributed by atoms with Crippen molar-refractivity contribution >= 4 is 15.9 Å². The van der Waals surface area contributed by atoms with Crippen molar-refractivity contribution in [1.82, 2.24) is 9.62 Å². The number of ether oxygens (including phenoxy) is 1. The molecule has 1 aliphatic rings. The molecule has 1 heterocycles. The molecule has 122 valence electrons. The molecule has 8 heteroatoms. The first-order valence-corrected chi connectivity index (χ1v) is 8.63. The largest absolute Gasteiger partial charge is 0.491 e. The molecule has 1 amide bonds. The Morgan fingerprint density at radius 1 is 1.41 bits per heavy atom. The van der Waals surface area contributed by atoms with Crippen molar-refractivity contribution in [2.24, 2.45) is 0 Å². The van der Waals surface area contributed by atoms with Crippen LogP contribution in [-0.2, 0) is 14.8 Å². The highest BCUT2D eigenvalue weighted by Gasteiger charge is 2.29. The Hall–Kier alpha value is -1.67. The topological polar surface area (TPSA) is 75.7 Å². The fraction of sp³-hybridized carbons (Fsp3) is 0.500. The second kappa shape index (κ2) is 7.06. The van der Waals surface area contributed by atoms with E-state index in [9.17, 15) is 17.6 Å². The van der Waals surface area contributed by atoms with Crippen molar-refractivity contribution in [2.75, 3.05) is 25.4 Å². The average molecular weight is 330 g/mol. The molecule has 0 spiro atoms. The number of hydrogen-bond acceptors (Lipinski definition) is 4. The van der Waals surface area contributed by atoms with Crippen LogP contribution in [-0.4, -0.2) is 50.1 Å². The normalized spacial score (nSPS) is 18.8. The van der Waals surface area contributed by atoms with Gasteiger partial charge in [0.2, 0.25) is 15.9 Å². The number of halogens is 1. The van der Waals surface area contributed by atoms with Crippen LogP contribution < -0.4 is 10.1 Å². The molecule has 1 aliphatic heterocycles. The maximum atomic E-state index is 12.7. The molecule has 1 aromatic carbocycles. The fourth-order valence-electron chi connectivity index (χ4n) is 2.14. The molecule has 6 nitrogen and oxygen atoms in total. The molecule has 0 aromatic heterocycles. The number of rotatable bonds is 6. The van der Waals surface area contributed by atoms with Crippen LogP contribution in [0.1, 0.15) is 13.3 Å². The van der Waals surface area contributed by atoms with Gasteiger partial charge in [0.25, 0.3) is 0 Å². The Morgan fingerprint density at radius 2 is 2.09 bits per heavy atom. The number of carbonyl (C=O) groups is 1. The fourth-order valence-corrected chi connectivity index (χ4v) is 3.62. The van der Waals surface area contributed by atoms with Crippen molar-refractivity contribution in [3.63, 3.8) is 0 Å². The molecular weight excluding hydrogens is 311 g/mol. The van der Waals surface area contributed by atoms with E-state index in [2.05, 4.69) is 5.32 Å². The minimum atomic E-state index is -3.27. The molecule has 0 bridgehead atoms. The Bertz CT molecular complexity index is 618. The van der Waals surface area contributed by atoms with E-state index in [1.807, 2.05) is 0 Å². The molecule has 22 heavy (non-hydrogen) atoms. The maximum Gasteiger partial charge on any atom is 0.235 e. The molecule has 2 rings (SSSR count). The van der Waals surface area contributed by atoms with Gasteiger partial charge in [-0.25, -0.2) is 12.8 Å². The van der Waals surface area contributed by atoms with Gasteiger partial charge in [-0.05, 0) is 37.6 Å². The summed E-state index contributed by atoms with van der Waals surface area (Å²) in [7, 11) is -3.27. The van der Waals surface area contributed by atoms with Crippen LogP contribution >= 0.6 is 0 Å². The third-order valence-corrected chi connectivity index (χ3v) is 5.15. The van der Waals surface area contributed by atoms with Crippen molar-refractivity contribution in [3.8, 4) is 5.75 Å². The predicted octanol–water partition coefficient (Wildman–Crippen LogP) is 0.745. The first kappa shape index (κ1) is 16.7. The number of benzene rings is 1. The highest BCUT2D eigenvalue weighted by Crippen LogP contribution is 2.13. The first-order valence-electron chi connectivity index (χ1n) is 7.02. The minimum Gasteiger partial charge on any atom is -0.491 e. The van der Waals surface area contributed by atoms with Crippen LogP contribution in [0.3, 0.4) is 0 Å². The van der Waals surface area contributed by atoms with Crippen LogP contribution in [0, 0.1) is 5.82 Å². The van der Waals surface area contributed by atoms with Crippen molar-refractivity contribution in [1.29, 1.82) is 0 Å². The van der Waals surface area contributed by atoms with Gasteiger partial charge in [-0.1, -0.05) is 0 Å². The zero-order valence-electron chi connectivity index (χ0n) is 12.3. The minimum absolute atomic E-state index is 0.101. The lowest BCUT2D eigenvalue weighted by Gasteiger charge is -2.18. The lowest BCUT2D eigenvalue weighted by Crippen LogP contribution is -2.43. The Morgan fingerprint density at radius 3 is 2.68 bits per heavy atom. The monoisotopic (exact) mass is 330 g/mol. The zero-order valence-corrected chi connectivity index (χ0v) is 13.1. The summed E-state index contributed by atoms with van der Waals surface area (Å²) in [5, 5.41) is 2.68. The Labute approximate surface area is 129 Å². The third kappa shape index (κ3) is 4.67. The number of nitrogens with zero attached hydrogens (tertiary/aromatic N) is 1. The quantitative estimate of drug-likeness (QED) is 0.835. The third-order valence-electron chi connectivity index (χ3n) is 3.24. The molecule has 1 saturated heterocycles. The average Bonchev–Trinajstić information content (AvgIpc) is 2.77. The van der Waals surface area contributed by atoms with Gasteiger partial charge in [-0.3, -0.25) is 4.79 Å². The summed E-state index contributed by atoms with van der Waals surface area (Å²) in [6.07, 6.45) is 0.554. The number of carbonyl (C=O) groups excluding carboxylic acids is 1. The van der Waals surface area contributed by atoms with Gasteiger partial charge in [-0.15, -0.1) is 0 Å². The van der Waals surface area contributed by atoms with Gasteiger partial charge in [0.05, 0.1) is 18.3 Å². The highest BCUT2D eigenvalue weighted by molar-refractivity contribution is 7.89. The number of nitrogens with one attached hydrogen (secondary N) is 1. The zero-order chi connectivity index (χ0) is 16.2. The standard InChI is InChI=1S/C14H19FN2O4S/c1-11(10-21-13-5-3-12(15)4-6-13)16-14(18)9-17-7-2-8-22(17,19)20/h3-6,11H,2,7-10H2,1H3,(H,16,18). The van der Waals surface area contributed by atoms with Gasteiger partial charge >= 0.3 is 0 Å². The number of amides is 1. The van der Waals surface area contributed by atoms with E-state index in [0.29, 0.717) is 18.7 Å². The molecular formula is C14H19FN2O4S. The van der Waals surface area contributed by atoms with Crippen molar-refractivity contribution in [2.45, 2.75) is 19.4 Å². The van der Waals surface area contributed by atoms with Crippen molar-refractivity contribution in [3.05, 3.63) is 30.1 Å². The predicted molar refractivity (Wildman–Crippen MR) is 79.5 cm³/mol. The van der Waals surface area contributed by atoms with E-state index in [-0.39, 0.29) is 36.7 Å². The Balaban J connectivity index is 1.75. The van der Waals surface area contributed by atoms with Crippen LogP contribution in [0.5, 0.6) is 5.75 Å². The summed E-state index contributed by atoms with van der Waals surface area (Å²) in [5.41, 5.74) is 0. The number of hydrogen-bond donors (Lipinski definition) is 1. The Kier molecular flexibility index (Phi) is 5.36. The van der Waals surface area contributed by atoms with Crippen LogP contribution in [0.15, 0.2) is 24.3 Å². The van der Waals surface area contributed by atoms with E-state index in [1.165, 1.54) is 28.6 Å². The summed E-state index contributed by atoms with van der Waals surface area (Å²) >= 11 is 0. The van der Waals surface area contributed by atoms with Gasteiger partial charge in [-0.2, -0.15) is 4.31 Å². The van der Waals surface area contributed by atoms with Crippen LogP contribution in [0.25, 0.3) is 0 Å². The van der Waals surface area contributed by atoms with Gasteiger partial charge in [0, 0.05) is 6.54 Å². The molecule has 1 N–H and O–H groups in total. The molecule has 1 fully saturated rings. The van der Waals surface area contributed by atoms with E-state index in [1.54, 1.807) is 6.92 Å². The van der Waals surface area contributed by atoms with Crippen LogP contribution in [0.4, 0.5) is 4.39 Å². The summed E-state index contributed by atoms with van der Waals surface area (Å²) in [6.45, 7) is 2.18. The summed E-state index contributed by atoms with van der Waals surface area (Å²) < 4.78 is 42.6. The summed E-state index contributed by atoms with van der Waals surface area (Å²) in [6, 6.07) is 5.29. The SMILES string of the molecule is CC(COc1ccc(F)cc1)NC(=O)CN1CCCS1(=O)=O. The summed E-state index contributed by atoms with van der Waals surface area (Å²) in [4.78, 5) is 11.8.